The maximum absolute atomic E-state index is 6.22. The lowest BCUT2D eigenvalue weighted by Crippen LogP contribution is -2.17. The molecule has 0 amide bonds. The van der Waals surface area contributed by atoms with Gasteiger partial charge in [-0.05, 0) is 54.4 Å². The molecule has 0 heterocycles. The van der Waals surface area contributed by atoms with E-state index in [1.807, 2.05) is 54.6 Å². The Morgan fingerprint density at radius 1 is 0.786 bits per heavy atom. The van der Waals surface area contributed by atoms with Gasteiger partial charge in [-0.3, -0.25) is 0 Å². The van der Waals surface area contributed by atoms with E-state index in [0.29, 0.717) is 16.7 Å². The van der Waals surface area contributed by atoms with Crippen LogP contribution in [0.2, 0.25) is 15.1 Å². The second-order valence-corrected chi connectivity index (χ2v) is 7.47. The molecule has 0 aromatic heterocycles. The van der Waals surface area contributed by atoms with Crippen LogP contribution in [0.1, 0.15) is 16.7 Å². The molecule has 0 saturated carbocycles. The number of hydrogen-bond acceptors (Lipinski definition) is 2. The molecule has 0 atom stereocenters. The van der Waals surface area contributed by atoms with Crippen molar-refractivity contribution in [2.75, 3.05) is 6.54 Å². The van der Waals surface area contributed by atoms with E-state index in [0.717, 1.165) is 47.0 Å². The number of nitrogens with one attached hydrogen (secondary N) is 1. The lowest BCUT2D eigenvalue weighted by Gasteiger charge is -2.13. The summed E-state index contributed by atoms with van der Waals surface area (Å²) in [5.74, 6) is 0.879. The minimum atomic E-state index is 0. The fourth-order valence-electron chi connectivity index (χ4n) is 2.70. The van der Waals surface area contributed by atoms with Gasteiger partial charge in [-0.15, -0.1) is 12.4 Å². The van der Waals surface area contributed by atoms with Crippen molar-refractivity contribution in [2.45, 2.75) is 19.6 Å². The van der Waals surface area contributed by atoms with E-state index in [4.69, 9.17) is 39.5 Å². The van der Waals surface area contributed by atoms with Crippen molar-refractivity contribution >= 4 is 47.2 Å². The molecule has 3 rings (SSSR count). The van der Waals surface area contributed by atoms with Gasteiger partial charge >= 0.3 is 0 Å². The first kappa shape index (κ1) is 22.9. The molecule has 28 heavy (non-hydrogen) atoms. The standard InChI is InChI=1S/C22H20Cl3NO.ClH/c23-19-8-5-16(6-9-19)15-27-22-4-2-1-3-18(22)14-26-12-11-17-7-10-20(24)13-21(17)25;/h1-10,13,26H,11-12,14-15H2;1H. The van der Waals surface area contributed by atoms with Crippen LogP contribution in [0.5, 0.6) is 5.75 Å². The molecule has 0 unspecified atom stereocenters. The Hall–Kier alpha value is -1.42. The lowest BCUT2D eigenvalue weighted by molar-refractivity contribution is 0.302. The molecular weight excluding hydrogens is 436 g/mol. The second-order valence-electron chi connectivity index (χ2n) is 6.19. The van der Waals surface area contributed by atoms with Gasteiger partial charge in [0.2, 0.25) is 0 Å². The molecule has 1 N–H and O–H groups in total. The van der Waals surface area contributed by atoms with Crippen LogP contribution in [0.25, 0.3) is 0 Å². The number of ether oxygens (including phenoxy) is 1. The first-order chi connectivity index (χ1) is 13.1. The van der Waals surface area contributed by atoms with Crippen LogP contribution in [0, 0.1) is 0 Å². The zero-order chi connectivity index (χ0) is 19.1. The second kappa shape index (κ2) is 11.5. The Labute approximate surface area is 187 Å². The van der Waals surface area contributed by atoms with Crippen LogP contribution >= 0.6 is 47.2 Å². The molecule has 0 aliphatic rings. The van der Waals surface area contributed by atoms with Crippen molar-refractivity contribution < 1.29 is 4.74 Å². The first-order valence-corrected chi connectivity index (χ1v) is 9.85. The van der Waals surface area contributed by atoms with Crippen molar-refractivity contribution in [3.8, 4) is 5.75 Å². The summed E-state index contributed by atoms with van der Waals surface area (Å²) in [6.45, 7) is 2.05. The van der Waals surface area contributed by atoms with Crippen LogP contribution in [0.15, 0.2) is 66.7 Å². The van der Waals surface area contributed by atoms with E-state index in [2.05, 4.69) is 11.4 Å². The molecule has 3 aromatic rings. The molecule has 0 spiro atoms. The first-order valence-electron chi connectivity index (χ1n) is 8.71. The Kier molecular flexibility index (Phi) is 9.43. The minimum absolute atomic E-state index is 0. The number of benzene rings is 3. The molecule has 0 aliphatic heterocycles. The van der Waals surface area contributed by atoms with Crippen LogP contribution < -0.4 is 10.1 Å². The monoisotopic (exact) mass is 455 g/mol. The topological polar surface area (TPSA) is 21.3 Å². The zero-order valence-corrected chi connectivity index (χ0v) is 18.2. The average molecular weight is 457 g/mol. The largest absolute Gasteiger partial charge is 0.489 e. The van der Waals surface area contributed by atoms with Crippen molar-refractivity contribution in [3.63, 3.8) is 0 Å². The van der Waals surface area contributed by atoms with Gasteiger partial charge in [-0.25, -0.2) is 0 Å². The SMILES string of the molecule is Cl.Clc1ccc(COc2ccccc2CNCCc2ccc(Cl)cc2Cl)cc1. The summed E-state index contributed by atoms with van der Waals surface area (Å²) in [5, 5.41) is 5.54. The third kappa shape index (κ3) is 6.88. The van der Waals surface area contributed by atoms with Gasteiger partial charge in [0.05, 0.1) is 0 Å². The summed E-state index contributed by atoms with van der Waals surface area (Å²) >= 11 is 18.1. The van der Waals surface area contributed by atoms with E-state index >= 15 is 0 Å². The van der Waals surface area contributed by atoms with Gasteiger partial charge in [0, 0.05) is 27.2 Å². The van der Waals surface area contributed by atoms with E-state index in [1.54, 1.807) is 6.07 Å². The van der Waals surface area contributed by atoms with E-state index in [1.165, 1.54) is 0 Å². The van der Waals surface area contributed by atoms with Crippen molar-refractivity contribution in [1.82, 2.24) is 5.32 Å². The van der Waals surface area contributed by atoms with Crippen LogP contribution in [0.3, 0.4) is 0 Å². The molecular formula is C22H21Cl4NO. The molecule has 0 fully saturated rings. The van der Waals surface area contributed by atoms with Gasteiger partial charge in [-0.2, -0.15) is 0 Å². The normalized spacial score (nSPS) is 10.4. The predicted octanol–water partition coefficient (Wildman–Crippen LogP) is 6.98. The van der Waals surface area contributed by atoms with Gasteiger partial charge in [0.15, 0.2) is 0 Å². The number of rotatable bonds is 8. The van der Waals surface area contributed by atoms with Crippen LogP contribution in [0.4, 0.5) is 0 Å². The summed E-state index contributed by atoms with van der Waals surface area (Å²) in [5.41, 5.74) is 3.29. The highest BCUT2D eigenvalue weighted by Crippen LogP contribution is 2.22. The number of para-hydroxylation sites is 1. The highest BCUT2D eigenvalue weighted by atomic mass is 35.5. The third-order valence-electron chi connectivity index (χ3n) is 4.18. The Morgan fingerprint density at radius 3 is 2.25 bits per heavy atom. The summed E-state index contributed by atoms with van der Waals surface area (Å²) in [7, 11) is 0. The Balaban J connectivity index is 0.00000280. The highest BCUT2D eigenvalue weighted by molar-refractivity contribution is 6.35. The quantitative estimate of drug-likeness (QED) is 0.369. The number of hydrogen-bond donors (Lipinski definition) is 1. The fourth-order valence-corrected chi connectivity index (χ4v) is 3.33. The highest BCUT2D eigenvalue weighted by Gasteiger charge is 2.05. The Bertz CT molecular complexity index is 884. The van der Waals surface area contributed by atoms with E-state index < -0.39 is 0 Å². The van der Waals surface area contributed by atoms with Crippen molar-refractivity contribution in [2.24, 2.45) is 0 Å². The molecule has 0 bridgehead atoms. The van der Waals surface area contributed by atoms with Gasteiger partial charge in [-0.1, -0.05) is 71.2 Å². The van der Waals surface area contributed by atoms with Crippen LogP contribution in [-0.4, -0.2) is 6.54 Å². The maximum Gasteiger partial charge on any atom is 0.124 e. The summed E-state index contributed by atoms with van der Waals surface area (Å²) < 4.78 is 5.99. The minimum Gasteiger partial charge on any atom is -0.489 e. The van der Waals surface area contributed by atoms with Crippen molar-refractivity contribution in [1.29, 1.82) is 0 Å². The summed E-state index contributed by atoms with van der Waals surface area (Å²) in [4.78, 5) is 0. The summed E-state index contributed by atoms with van der Waals surface area (Å²) in [6.07, 6.45) is 0.837. The zero-order valence-electron chi connectivity index (χ0n) is 15.1. The predicted molar refractivity (Wildman–Crippen MR) is 121 cm³/mol. The third-order valence-corrected chi connectivity index (χ3v) is 5.02. The lowest BCUT2D eigenvalue weighted by atomic mass is 10.1. The van der Waals surface area contributed by atoms with E-state index in [9.17, 15) is 0 Å². The maximum atomic E-state index is 6.22. The molecule has 0 saturated heterocycles. The van der Waals surface area contributed by atoms with E-state index in [-0.39, 0.29) is 12.4 Å². The molecule has 0 aliphatic carbocycles. The molecule has 6 heteroatoms. The molecule has 148 valence electrons. The average Bonchev–Trinajstić information content (AvgIpc) is 2.67. The van der Waals surface area contributed by atoms with Gasteiger partial charge in [0.25, 0.3) is 0 Å². The van der Waals surface area contributed by atoms with Crippen LogP contribution in [-0.2, 0) is 19.6 Å². The molecule has 0 radical (unpaired) electrons. The smallest absolute Gasteiger partial charge is 0.124 e. The Morgan fingerprint density at radius 2 is 1.50 bits per heavy atom. The molecule has 3 aromatic carbocycles. The summed E-state index contributed by atoms with van der Waals surface area (Å²) in [6, 6.07) is 21.3. The fraction of sp³-hybridized carbons (Fsp3) is 0.182. The van der Waals surface area contributed by atoms with Crippen molar-refractivity contribution in [3.05, 3.63) is 98.5 Å². The molecule has 2 nitrogen and oxygen atoms in total. The van der Waals surface area contributed by atoms with Gasteiger partial charge in [0.1, 0.15) is 12.4 Å². The van der Waals surface area contributed by atoms with Gasteiger partial charge < -0.3 is 10.1 Å². The number of halogens is 4.